The number of rotatable bonds is 1. The van der Waals surface area contributed by atoms with E-state index in [1.54, 1.807) is 6.07 Å². The summed E-state index contributed by atoms with van der Waals surface area (Å²) >= 11 is 0. The molecule has 5 aromatic rings. The van der Waals surface area contributed by atoms with E-state index in [1.807, 2.05) is 6.07 Å². The molecule has 2 nitrogen and oxygen atoms in total. The molecule has 0 N–H and O–H groups in total. The summed E-state index contributed by atoms with van der Waals surface area (Å²) in [7, 11) is 2.09. The summed E-state index contributed by atoms with van der Waals surface area (Å²) in [6, 6.07) is 15.9. The predicted octanol–water partition coefficient (Wildman–Crippen LogP) is 8.09. The van der Waals surface area contributed by atoms with Crippen molar-refractivity contribution in [3.8, 4) is 22.8 Å². The number of hydrogen-bond donors (Lipinski definition) is 0. The maximum absolute atomic E-state index is 14.2. The van der Waals surface area contributed by atoms with Crippen molar-refractivity contribution in [3.05, 3.63) is 77.2 Å². The molecule has 0 saturated heterocycles. The Morgan fingerprint density at radius 1 is 0.882 bits per heavy atom. The number of fused-ring (bicyclic) bond motifs is 5. The zero-order valence-electron chi connectivity index (χ0n) is 20.6. The lowest BCUT2D eigenvalue weighted by molar-refractivity contribution is -0.659. The number of nitrogens with zero attached hydrogens (tertiary/aromatic N) is 1. The molecule has 6 rings (SSSR count). The van der Waals surface area contributed by atoms with E-state index in [9.17, 15) is 4.39 Å². The van der Waals surface area contributed by atoms with Gasteiger partial charge in [-0.1, -0.05) is 50.6 Å². The average Bonchev–Trinajstić information content (AvgIpc) is 2.77. The van der Waals surface area contributed by atoms with E-state index in [0.29, 0.717) is 0 Å². The van der Waals surface area contributed by atoms with Crippen LogP contribution < -0.4 is 9.30 Å². The predicted molar refractivity (Wildman–Crippen MR) is 138 cm³/mol. The summed E-state index contributed by atoms with van der Waals surface area (Å²) in [6.45, 7) is 11.2. The van der Waals surface area contributed by atoms with Gasteiger partial charge in [-0.3, -0.25) is 0 Å². The molecule has 170 valence electrons. The van der Waals surface area contributed by atoms with Crippen molar-refractivity contribution in [2.24, 2.45) is 12.5 Å². The number of aryl methyl sites for hydroxylation is 3. The molecule has 1 aliphatic heterocycles. The number of ether oxygens (including phenoxy) is 1. The van der Waals surface area contributed by atoms with Crippen LogP contribution in [-0.4, -0.2) is 0 Å². The van der Waals surface area contributed by atoms with Crippen molar-refractivity contribution in [1.29, 1.82) is 0 Å². The molecule has 0 atom stereocenters. The monoisotopic (exact) mass is 450 g/mol. The summed E-state index contributed by atoms with van der Waals surface area (Å²) in [5.41, 5.74) is 6.10. The van der Waals surface area contributed by atoms with Gasteiger partial charge in [0.25, 0.3) is 0 Å². The number of benzene rings is 4. The van der Waals surface area contributed by atoms with Crippen molar-refractivity contribution in [3.63, 3.8) is 0 Å². The molecule has 2 heterocycles. The number of pyridine rings is 1. The summed E-state index contributed by atoms with van der Waals surface area (Å²) < 4.78 is 23.3. The van der Waals surface area contributed by atoms with Crippen LogP contribution in [0.15, 0.2) is 54.7 Å². The first-order valence-corrected chi connectivity index (χ1v) is 11.9. The van der Waals surface area contributed by atoms with Crippen molar-refractivity contribution in [2.45, 2.75) is 41.0 Å². The van der Waals surface area contributed by atoms with Gasteiger partial charge in [0.2, 0.25) is 5.69 Å². The Balaban J connectivity index is 1.82. The van der Waals surface area contributed by atoms with Crippen LogP contribution in [0.2, 0.25) is 0 Å². The minimum Gasteiger partial charge on any atom is -0.455 e. The molecule has 0 saturated carbocycles. The van der Waals surface area contributed by atoms with Crippen LogP contribution in [0.1, 0.15) is 37.5 Å². The lowest BCUT2D eigenvalue weighted by Gasteiger charge is -2.28. The second-order valence-corrected chi connectivity index (χ2v) is 11.0. The highest BCUT2D eigenvalue weighted by Crippen LogP contribution is 2.52. The Hall–Kier alpha value is -3.46. The quantitative estimate of drug-likeness (QED) is 0.182. The smallest absolute Gasteiger partial charge is 0.228 e. The first-order chi connectivity index (χ1) is 16.1. The van der Waals surface area contributed by atoms with Crippen molar-refractivity contribution < 1.29 is 13.7 Å². The lowest BCUT2D eigenvalue weighted by Crippen LogP contribution is -2.32. The van der Waals surface area contributed by atoms with Crippen LogP contribution in [0.4, 0.5) is 4.39 Å². The van der Waals surface area contributed by atoms with Gasteiger partial charge >= 0.3 is 0 Å². The van der Waals surface area contributed by atoms with Crippen LogP contribution >= 0.6 is 0 Å². The van der Waals surface area contributed by atoms with Gasteiger partial charge in [-0.25, -0.2) is 8.96 Å². The zero-order valence-corrected chi connectivity index (χ0v) is 20.6. The molecular formula is C31H29FNO+. The Morgan fingerprint density at radius 3 is 2.44 bits per heavy atom. The minimum atomic E-state index is -0.222. The highest BCUT2D eigenvalue weighted by molar-refractivity contribution is 6.16. The molecule has 0 bridgehead atoms. The molecule has 0 spiro atoms. The van der Waals surface area contributed by atoms with Crippen molar-refractivity contribution in [1.82, 2.24) is 0 Å². The Labute approximate surface area is 199 Å². The van der Waals surface area contributed by atoms with E-state index in [4.69, 9.17) is 4.74 Å². The number of aromatic nitrogens is 1. The highest BCUT2D eigenvalue weighted by atomic mass is 19.1. The van der Waals surface area contributed by atoms with Crippen LogP contribution in [0.5, 0.6) is 11.5 Å². The van der Waals surface area contributed by atoms with Crippen molar-refractivity contribution >= 4 is 32.3 Å². The van der Waals surface area contributed by atoms with Gasteiger partial charge in [-0.05, 0) is 71.0 Å². The fourth-order valence-electron chi connectivity index (χ4n) is 5.63. The van der Waals surface area contributed by atoms with Gasteiger partial charge in [-0.2, -0.15) is 0 Å². The van der Waals surface area contributed by atoms with Crippen LogP contribution in [-0.2, 0) is 13.5 Å². The summed E-state index contributed by atoms with van der Waals surface area (Å²) in [5.74, 6) is 1.58. The molecule has 0 aliphatic carbocycles. The first kappa shape index (κ1) is 21.1. The lowest BCUT2D eigenvalue weighted by atomic mass is 9.81. The van der Waals surface area contributed by atoms with E-state index in [0.717, 1.165) is 50.7 Å². The van der Waals surface area contributed by atoms with E-state index >= 15 is 0 Å². The maximum atomic E-state index is 14.2. The Morgan fingerprint density at radius 2 is 1.68 bits per heavy atom. The van der Waals surface area contributed by atoms with Gasteiger partial charge in [0.15, 0.2) is 6.20 Å². The molecule has 0 radical (unpaired) electrons. The van der Waals surface area contributed by atoms with Gasteiger partial charge < -0.3 is 4.74 Å². The Kier molecular flexibility index (Phi) is 4.36. The fraction of sp³-hybridized carbons (Fsp3) is 0.258. The third-order valence-electron chi connectivity index (χ3n) is 7.10. The second-order valence-electron chi connectivity index (χ2n) is 11.0. The standard InChI is InChI=1S/C31H29FNO/c1-17-7-10-21-23(13-17)18(2)27-29-28-22(11-12-33(29)6)24-15-20(32)9-8-19(24)14-26(28)34-30(27)25(21)16-31(3,4)5/h7-15H,16H2,1-6H3/q+1. The van der Waals surface area contributed by atoms with Crippen LogP contribution in [0, 0.1) is 25.1 Å². The van der Waals surface area contributed by atoms with Gasteiger partial charge in [0.05, 0.1) is 10.9 Å². The molecule has 34 heavy (non-hydrogen) atoms. The third-order valence-corrected chi connectivity index (χ3v) is 7.10. The molecular weight excluding hydrogens is 421 g/mol. The van der Waals surface area contributed by atoms with E-state index in [2.05, 4.69) is 82.8 Å². The summed E-state index contributed by atoms with van der Waals surface area (Å²) in [4.78, 5) is 0. The van der Waals surface area contributed by atoms with E-state index in [1.165, 1.54) is 33.5 Å². The SMILES string of the molecule is Cc1ccc2c(CC(C)(C)C)c3c(c(C)c2c1)-c1c2c(cc4ccc(F)cc4c2cc[n+]1C)O3. The average molecular weight is 451 g/mol. The Bertz CT molecular complexity index is 1670. The second kappa shape index (κ2) is 7.02. The zero-order chi connectivity index (χ0) is 23.9. The van der Waals surface area contributed by atoms with Gasteiger partial charge in [-0.15, -0.1) is 0 Å². The van der Waals surface area contributed by atoms with E-state index < -0.39 is 0 Å². The fourth-order valence-corrected chi connectivity index (χ4v) is 5.63. The molecule has 0 amide bonds. The third kappa shape index (κ3) is 3.03. The van der Waals surface area contributed by atoms with Crippen LogP contribution in [0.3, 0.4) is 0 Å². The summed E-state index contributed by atoms with van der Waals surface area (Å²) in [5, 5.41) is 6.50. The molecule has 3 heteroatoms. The largest absolute Gasteiger partial charge is 0.455 e. The van der Waals surface area contributed by atoms with Crippen molar-refractivity contribution in [2.75, 3.05) is 0 Å². The number of halogens is 1. The maximum Gasteiger partial charge on any atom is 0.228 e. The van der Waals surface area contributed by atoms with Crippen LogP contribution in [0.25, 0.3) is 43.6 Å². The molecule has 0 unspecified atom stereocenters. The van der Waals surface area contributed by atoms with Gasteiger partial charge in [0.1, 0.15) is 24.4 Å². The first-order valence-electron chi connectivity index (χ1n) is 11.9. The number of hydrogen-bond acceptors (Lipinski definition) is 1. The highest BCUT2D eigenvalue weighted by Gasteiger charge is 2.34. The molecule has 0 fully saturated rings. The topological polar surface area (TPSA) is 13.1 Å². The molecule has 4 aromatic carbocycles. The van der Waals surface area contributed by atoms with E-state index in [-0.39, 0.29) is 11.2 Å². The minimum absolute atomic E-state index is 0.0968. The normalized spacial score (nSPS) is 12.9. The summed E-state index contributed by atoms with van der Waals surface area (Å²) in [6.07, 6.45) is 2.99. The van der Waals surface area contributed by atoms with Gasteiger partial charge in [0, 0.05) is 17.0 Å². The molecule has 1 aromatic heterocycles. The molecule has 1 aliphatic rings.